The van der Waals surface area contributed by atoms with Gasteiger partial charge >= 0.3 is 5.97 Å². The lowest BCUT2D eigenvalue weighted by Gasteiger charge is -2.16. The smallest absolute Gasteiger partial charge is 0.335 e. The van der Waals surface area contributed by atoms with E-state index in [1.165, 1.54) is 18.2 Å². The highest BCUT2D eigenvalue weighted by Gasteiger charge is 2.18. The first-order chi connectivity index (χ1) is 9.49. The number of nitrogens with one attached hydrogen (secondary N) is 1. The Labute approximate surface area is 124 Å². The van der Waals surface area contributed by atoms with E-state index in [4.69, 9.17) is 16.7 Å². The maximum Gasteiger partial charge on any atom is 0.335 e. The molecule has 2 N–H and O–H groups in total. The van der Waals surface area contributed by atoms with E-state index in [2.05, 4.69) is 5.32 Å². The molecular weight excluding hydrogens is 278 g/mol. The Hall–Kier alpha value is -1.55. The number of aromatic carboxylic acids is 1. The molecule has 0 aliphatic carbocycles. The summed E-state index contributed by atoms with van der Waals surface area (Å²) >= 11 is 6.00. The van der Waals surface area contributed by atoms with Crippen molar-refractivity contribution in [1.29, 1.82) is 0 Å². The van der Waals surface area contributed by atoms with Crippen molar-refractivity contribution in [3.8, 4) is 0 Å². The van der Waals surface area contributed by atoms with E-state index in [9.17, 15) is 9.59 Å². The first kappa shape index (κ1) is 16.5. The molecule has 0 fully saturated rings. The molecule has 0 aromatic heterocycles. The van der Waals surface area contributed by atoms with Gasteiger partial charge in [0.1, 0.15) is 0 Å². The van der Waals surface area contributed by atoms with E-state index < -0.39 is 5.97 Å². The summed E-state index contributed by atoms with van der Waals surface area (Å²) in [5.41, 5.74) is 0.459. The molecule has 1 rings (SSSR count). The largest absolute Gasteiger partial charge is 0.478 e. The summed E-state index contributed by atoms with van der Waals surface area (Å²) in [6, 6.07) is 4.28. The van der Waals surface area contributed by atoms with Gasteiger partial charge in [-0.25, -0.2) is 4.79 Å². The number of benzene rings is 1. The molecule has 0 atom stereocenters. The molecule has 0 unspecified atom stereocenters. The summed E-state index contributed by atoms with van der Waals surface area (Å²) in [4.78, 5) is 23.1. The van der Waals surface area contributed by atoms with Crippen LogP contribution in [0.3, 0.4) is 0 Å². The number of rotatable bonds is 7. The predicted octanol–water partition coefficient (Wildman–Crippen LogP) is 4.19. The third-order valence-electron chi connectivity index (χ3n) is 3.12. The molecule has 0 heterocycles. The van der Waals surface area contributed by atoms with Gasteiger partial charge in [-0.3, -0.25) is 4.79 Å². The lowest BCUT2D eigenvalue weighted by molar-refractivity contribution is -0.120. The first-order valence-electron chi connectivity index (χ1n) is 6.83. The van der Waals surface area contributed by atoms with Gasteiger partial charge in [0, 0.05) is 5.92 Å². The van der Waals surface area contributed by atoms with Crippen LogP contribution < -0.4 is 5.32 Å². The Bertz CT molecular complexity index is 482. The molecule has 4 nitrogen and oxygen atoms in total. The van der Waals surface area contributed by atoms with Crippen molar-refractivity contribution in [2.24, 2.45) is 5.92 Å². The Morgan fingerprint density at radius 2 is 1.85 bits per heavy atom. The Morgan fingerprint density at radius 3 is 2.35 bits per heavy atom. The molecule has 0 spiro atoms. The quantitative estimate of drug-likeness (QED) is 0.793. The first-order valence-corrected chi connectivity index (χ1v) is 7.21. The average Bonchev–Trinajstić information content (AvgIpc) is 2.40. The number of carboxylic acids is 1. The highest BCUT2D eigenvalue weighted by atomic mass is 35.5. The van der Waals surface area contributed by atoms with E-state index in [1.54, 1.807) is 0 Å². The van der Waals surface area contributed by atoms with Gasteiger partial charge in [-0.2, -0.15) is 0 Å². The second-order valence-corrected chi connectivity index (χ2v) is 5.17. The van der Waals surface area contributed by atoms with Gasteiger partial charge in [0.2, 0.25) is 5.91 Å². The van der Waals surface area contributed by atoms with Crippen molar-refractivity contribution in [2.75, 3.05) is 5.32 Å². The van der Waals surface area contributed by atoms with Crippen molar-refractivity contribution in [3.63, 3.8) is 0 Å². The van der Waals surface area contributed by atoms with Crippen LogP contribution in [0.1, 0.15) is 49.9 Å². The Balaban J connectivity index is 2.87. The summed E-state index contributed by atoms with van der Waals surface area (Å²) < 4.78 is 0. The van der Waals surface area contributed by atoms with Crippen LogP contribution in [0.5, 0.6) is 0 Å². The maximum atomic E-state index is 12.2. The highest BCUT2D eigenvalue weighted by Crippen LogP contribution is 2.25. The number of amides is 1. The Morgan fingerprint density at radius 1 is 1.25 bits per heavy atom. The molecule has 110 valence electrons. The normalized spacial score (nSPS) is 10.6. The number of anilines is 1. The van der Waals surface area contributed by atoms with Gasteiger partial charge in [-0.05, 0) is 31.0 Å². The minimum absolute atomic E-state index is 0.0606. The number of carbonyl (C=O) groups excluding carboxylic acids is 1. The van der Waals surface area contributed by atoms with Gasteiger partial charge in [-0.1, -0.05) is 38.3 Å². The molecule has 20 heavy (non-hydrogen) atoms. The molecule has 0 saturated carbocycles. The van der Waals surface area contributed by atoms with Crippen molar-refractivity contribution in [2.45, 2.75) is 39.5 Å². The van der Waals surface area contributed by atoms with Crippen molar-refractivity contribution in [1.82, 2.24) is 0 Å². The number of halogens is 1. The van der Waals surface area contributed by atoms with E-state index >= 15 is 0 Å². The van der Waals surface area contributed by atoms with E-state index in [1.807, 2.05) is 13.8 Å². The van der Waals surface area contributed by atoms with Crippen molar-refractivity contribution in [3.05, 3.63) is 28.8 Å². The lowest BCUT2D eigenvalue weighted by Crippen LogP contribution is -2.23. The maximum absolute atomic E-state index is 12.2. The van der Waals surface area contributed by atoms with Gasteiger partial charge in [0.15, 0.2) is 0 Å². The topological polar surface area (TPSA) is 66.4 Å². The van der Waals surface area contributed by atoms with Gasteiger partial charge in [-0.15, -0.1) is 0 Å². The van der Waals surface area contributed by atoms with Crippen LogP contribution in [0.4, 0.5) is 5.69 Å². The molecule has 1 amide bonds. The fourth-order valence-electron chi connectivity index (χ4n) is 2.09. The zero-order chi connectivity index (χ0) is 15.1. The molecule has 5 heteroatoms. The molecule has 0 radical (unpaired) electrons. The minimum Gasteiger partial charge on any atom is -0.478 e. The SMILES string of the molecule is CCCC(CCC)C(=O)Nc1cc(C(=O)O)ccc1Cl. The van der Waals surface area contributed by atoms with Crippen LogP contribution in [0, 0.1) is 5.92 Å². The molecule has 1 aromatic carbocycles. The molecular formula is C15H20ClNO3. The van der Waals surface area contributed by atoms with E-state index in [-0.39, 0.29) is 17.4 Å². The lowest BCUT2D eigenvalue weighted by atomic mass is 9.97. The van der Waals surface area contributed by atoms with Gasteiger partial charge in [0.05, 0.1) is 16.3 Å². The highest BCUT2D eigenvalue weighted by molar-refractivity contribution is 6.33. The molecule has 0 bridgehead atoms. The second kappa shape index (κ2) is 7.90. The van der Waals surface area contributed by atoms with Gasteiger partial charge < -0.3 is 10.4 Å². The van der Waals surface area contributed by atoms with E-state index in [0.717, 1.165) is 25.7 Å². The summed E-state index contributed by atoms with van der Waals surface area (Å²) in [7, 11) is 0. The summed E-state index contributed by atoms with van der Waals surface area (Å²) in [5.74, 6) is -1.21. The number of hydrogen-bond donors (Lipinski definition) is 2. The summed E-state index contributed by atoms with van der Waals surface area (Å²) in [5, 5.41) is 12.0. The number of hydrogen-bond acceptors (Lipinski definition) is 2. The summed E-state index contributed by atoms with van der Waals surface area (Å²) in [6.45, 7) is 4.07. The van der Waals surface area contributed by atoms with Crippen LogP contribution in [-0.2, 0) is 4.79 Å². The second-order valence-electron chi connectivity index (χ2n) is 4.76. The third kappa shape index (κ3) is 4.53. The van der Waals surface area contributed by atoms with Crippen LogP contribution >= 0.6 is 11.6 Å². The van der Waals surface area contributed by atoms with Crippen LogP contribution in [0.15, 0.2) is 18.2 Å². The Kier molecular flexibility index (Phi) is 6.52. The standard InChI is InChI=1S/C15H20ClNO3/c1-3-5-10(6-4-2)14(18)17-13-9-11(15(19)20)7-8-12(13)16/h7-10H,3-6H2,1-2H3,(H,17,18)(H,19,20). The zero-order valence-corrected chi connectivity index (χ0v) is 12.5. The average molecular weight is 298 g/mol. The number of carbonyl (C=O) groups is 2. The van der Waals surface area contributed by atoms with Crippen LogP contribution in [-0.4, -0.2) is 17.0 Å². The number of carboxylic acid groups (broad SMARTS) is 1. The van der Waals surface area contributed by atoms with Crippen LogP contribution in [0.25, 0.3) is 0 Å². The van der Waals surface area contributed by atoms with Crippen molar-refractivity contribution >= 4 is 29.2 Å². The zero-order valence-electron chi connectivity index (χ0n) is 11.8. The van der Waals surface area contributed by atoms with Gasteiger partial charge in [0.25, 0.3) is 0 Å². The van der Waals surface area contributed by atoms with E-state index in [0.29, 0.717) is 10.7 Å². The molecule has 0 aliphatic rings. The monoisotopic (exact) mass is 297 g/mol. The fourth-order valence-corrected chi connectivity index (χ4v) is 2.26. The third-order valence-corrected chi connectivity index (χ3v) is 3.45. The molecule has 0 aliphatic heterocycles. The minimum atomic E-state index is -1.05. The van der Waals surface area contributed by atoms with Crippen LogP contribution in [0.2, 0.25) is 5.02 Å². The summed E-state index contributed by atoms with van der Waals surface area (Å²) in [6.07, 6.45) is 3.49. The molecule has 0 saturated heterocycles. The molecule has 1 aromatic rings. The fraction of sp³-hybridized carbons (Fsp3) is 0.467. The van der Waals surface area contributed by atoms with Crippen molar-refractivity contribution < 1.29 is 14.7 Å². The predicted molar refractivity (Wildman–Crippen MR) is 80.3 cm³/mol.